The molecule has 0 spiro atoms. The molecule has 1 aliphatic rings. The number of ketones is 2. The molecule has 2 aromatic carbocycles. The van der Waals surface area contributed by atoms with Crippen LogP contribution in [0.25, 0.3) is 0 Å². The van der Waals surface area contributed by atoms with Gasteiger partial charge in [-0.25, -0.2) is 0 Å². The van der Waals surface area contributed by atoms with Crippen molar-refractivity contribution in [2.75, 3.05) is 0 Å². The molecule has 3 rings (SSSR count). The SMILES string of the molecule is CC1(C(=O)c2ccccc2)/C=C\C=C(C(=O)c2ccccc2)C/C=C\1. The molecule has 2 aromatic rings. The van der Waals surface area contributed by atoms with Crippen molar-refractivity contribution in [3.63, 3.8) is 0 Å². The first kappa shape index (κ1) is 16.8. The summed E-state index contributed by atoms with van der Waals surface area (Å²) in [4.78, 5) is 25.4. The van der Waals surface area contributed by atoms with Gasteiger partial charge in [-0.05, 0) is 13.3 Å². The Kier molecular flexibility index (Phi) is 4.90. The second-order valence-electron chi connectivity index (χ2n) is 6.33. The standard InChI is InChI=1S/C23H20O2/c1-23(22(25)20-12-6-3-7-13-20)16-8-14-19(15-9-17-23)21(24)18-10-4-2-5-11-18/h2-14,16-17H,15H2,1H3/b16-8-,17-9-,19-14?. The fourth-order valence-electron chi connectivity index (χ4n) is 2.91. The molecule has 0 aliphatic heterocycles. The Hall–Kier alpha value is -3.00. The molecule has 0 saturated heterocycles. The summed E-state index contributed by atoms with van der Waals surface area (Å²) in [7, 11) is 0. The zero-order valence-corrected chi connectivity index (χ0v) is 14.2. The first-order valence-corrected chi connectivity index (χ1v) is 8.36. The van der Waals surface area contributed by atoms with Crippen molar-refractivity contribution in [2.45, 2.75) is 13.3 Å². The average molecular weight is 328 g/mol. The van der Waals surface area contributed by atoms with Gasteiger partial charge < -0.3 is 0 Å². The van der Waals surface area contributed by atoms with E-state index in [9.17, 15) is 9.59 Å². The molecule has 0 N–H and O–H groups in total. The summed E-state index contributed by atoms with van der Waals surface area (Å²) in [6.45, 7) is 1.90. The summed E-state index contributed by atoms with van der Waals surface area (Å²) in [6.07, 6.45) is 9.81. The predicted octanol–water partition coefficient (Wildman–Crippen LogP) is 5.20. The van der Waals surface area contributed by atoms with Gasteiger partial charge >= 0.3 is 0 Å². The summed E-state index contributed by atoms with van der Waals surface area (Å²) in [5.74, 6) is 0.0692. The van der Waals surface area contributed by atoms with Gasteiger partial charge in [0.1, 0.15) is 0 Å². The van der Waals surface area contributed by atoms with Crippen LogP contribution in [-0.2, 0) is 0 Å². The number of allylic oxidation sites excluding steroid dienone is 6. The Bertz CT molecular complexity index is 857. The van der Waals surface area contributed by atoms with Gasteiger partial charge in [0.05, 0.1) is 5.41 Å². The van der Waals surface area contributed by atoms with Crippen LogP contribution in [0, 0.1) is 5.41 Å². The van der Waals surface area contributed by atoms with Crippen LogP contribution in [0.3, 0.4) is 0 Å². The van der Waals surface area contributed by atoms with E-state index in [1.54, 1.807) is 0 Å². The number of hydrogen-bond acceptors (Lipinski definition) is 2. The van der Waals surface area contributed by atoms with Gasteiger partial charge in [-0.15, -0.1) is 0 Å². The van der Waals surface area contributed by atoms with E-state index in [1.807, 2.05) is 98.0 Å². The van der Waals surface area contributed by atoms with Crippen LogP contribution < -0.4 is 0 Å². The van der Waals surface area contributed by atoms with Crippen molar-refractivity contribution >= 4 is 11.6 Å². The Morgan fingerprint density at radius 3 is 2.08 bits per heavy atom. The predicted molar refractivity (Wildman–Crippen MR) is 101 cm³/mol. The molecular weight excluding hydrogens is 308 g/mol. The van der Waals surface area contributed by atoms with E-state index in [2.05, 4.69) is 0 Å². The Labute approximate surface area is 148 Å². The van der Waals surface area contributed by atoms with Crippen LogP contribution in [0.4, 0.5) is 0 Å². The fourth-order valence-corrected chi connectivity index (χ4v) is 2.91. The minimum absolute atomic E-state index is 0.0212. The highest BCUT2D eigenvalue weighted by atomic mass is 16.1. The average Bonchev–Trinajstić information content (AvgIpc) is 2.65. The molecule has 124 valence electrons. The fraction of sp³-hybridized carbons (Fsp3) is 0.130. The molecule has 0 fully saturated rings. The molecule has 2 nitrogen and oxygen atoms in total. The summed E-state index contributed by atoms with van der Waals surface area (Å²) in [5.41, 5.74) is 1.37. The minimum atomic E-state index is -0.709. The number of hydrogen-bond donors (Lipinski definition) is 0. The second-order valence-corrected chi connectivity index (χ2v) is 6.33. The first-order valence-electron chi connectivity index (χ1n) is 8.36. The van der Waals surface area contributed by atoms with Gasteiger partial charge in [0.15, 0.2) is 11.6 Å². The maximum atomic E-state index is 12.8. The van der Waals surface area contributed by atoms with Crippen molar-refractivity contribution in [2.24, 2.45) is 5.41 Å². The van der Waals surface area contributed by atoms with Crippen LogP contribution in [-0.4, -0.2) is 11.6 Å². The quantitative estimate of drug-likeness (QED) is 0.571. The normalized spacial score (nSPS) is 22.2. The van der Waals surface area contributed by atoms with E-state index in [0.717, 1.165) is 0 Å². The van der Waals surface area contributed by atoms with E-state index in [4.69, 9.17) is 0 Å². The van der Waals surface area contributed by atoms with Gasteiger partial charge in [-0.2, -0.15) is 0 Å². The molecule has 0 amide bonds. The van der Waals surface area contributed by atoms with Crippen LogP contribution in [0.1, 0.15) is 34.1 Å². The van der Waals surface area contributed by atoms with Crippen molar-refractivity contribution in [3.05, 3.63) is 108 Å². The summed E-state index contributed by atoms with van der Waals surface area (Å²) < 4.78 is 0. The Balaban J connectivity index is 1.85. The minimum Gasteiger partial charge on any atom is -0.293 e. The van der Waals surface area contributed by atoms with Crippen molar-refractivity contribution < 1.29 is 9.59 Å². The highest BCUT2D eigenvalue weighted by molar-refractivity contribution is 6.09. The second kappa shape index (κ2) is 7.27. The Morgan fingerprint density at radius 1 is 0.840 bits per heavy atom. The van der Waals surface area contributed by atoms with Gasteiger partial charge in [-0.3, -0.25) is 9.59 Å². The lowest BCUT2D eigenvalue weighted by atomic mass is 9.80. The smallest absolute Gasteiger partial charge is 0.189 e. The maximum Gasteiger partial charge on any atom is 0.189 e. The summed E-state index contributed by atoms with van der Waals surface area (Å²) in [6, 6.07) is 18.5. The molecule has 0 bridgehead atoms. The molecular formula is C23H20O2. The van der Waals surface area contributed by atoms with Crippen molar-refractivity contribution in [1.29, 1.82) is 0 Å². The lowest BCUT2D eigenvalue weighted by Gasteiger charge is -2.21. The van der Waals surface area contributed by atoms with Gasteiger partial charge in [0.25, 0.3) is 0 Å². The van der Waals surface area contributed by atoms with Crippen LogP contribution in [0.2, 0.25) is 0 Å². The van der Waals surface area contributed by atoms with E-state index in [1.165, 1.54) is 0 Å². The lowest BCUT2D eigenvalue weighted by Crippen LogP contribution is -2.23. The third-order valence-corrected chi connectivity index (χ3v) is 4.39. The molecule has 25 heavy (non-hydrogen) atoms. The molecule has 2 heteroatoms. The molecule has 1 aliphatic carbocycles. The molecule has 0 aromatic heterocycles. The topological polar surface area (TPSA) is 34.1 Å². The van der Waals surface area contributed by atoms with Crippen molar-refractivity contribution in [1.82, 2.24) is 0 Å². The van der Waals surface area contributed by atoms with Crippen LogP contribution in [0.15, 0.2) is 96.6 Å². The third kappa shape index (κ3) is 3.74. The Morgan fingerprint density at radius 2 is 1.44 bits per heavy atom. The molecule has 1 atom stereocenters. The molecule has 0 saturated carbocycles. The monoisotopic (exact) mass is 328 g/mol. The zero-order valence-electron chi connectivity index (χ0n) is 14.2. The molecule has 0 heterocycles. The van der Waals surface area contributed by atoms with Crippen molar-refractivity contribution in [3.8, 4) is 0 Å². The first-order chi connectivity index (χ1) is 12.1. The zero-order chi connectivity index (χ0) is 17.7. The van der Waals surface area contributed by atoms with Gasteiger partial charge in [0, 0.05) is 16.7 Å². The highest BCUT2D eigenvalue weighted by Gasteiger charge is 2.28. The van der Waals surface area contributed by atoms with E-state index in [0.29, 0.717) is 23.1 Å². The highest BCUT2D eigenvalue weighted by Crippen LogP contribution is 2.29. The van der Waals surface area contributed by atoms with E-state index >= 15 is 0 Å². The van der Waals surface area contributed by atoms with Gasteiger partial charge in [0.2, 0.25) is 0 Å². The summed E-state index contributed by atoms with van der Waals surface area (Å²) in [5, 5.41) is 0. The van der Waals surface area contributed by atoms with E-state index < -0.39 is 5.41 Å². The maximum absolute atomic E-state index is 12.8. The van der Waals surface area contributed by atoms with Crippen LogP contribution >= 0.6 is 0 Å². The summed E-state index contributed by atoms with van der Waals surface area (Å²) >= 11 is 0. The van der Waals surface area contributed by atoms with Gasteiger partial charge in [-0.1, -0.05) is 91.0 Å². The number of carbonyl (C=O) groups excluding carboxylic acids is 2. The third-order valence-electron chi connectivity index (χ3n) is 4.39. The molecule has 1 unspecified atom stereocenters. The number of Topliss-reactive ketones (excluding diaryl/α,β-unsaturated/α-hetero) is 2. The van der Waals surface area contributed by atoms with Crippen LogP contribution in [0.5, 0.6) is 0 Å². The number of benzene rings is 2. The molecule has 0 radical (unpaired) electrons. The number of rotatable bonds is 4. The lowest BCUT2D eigenvalue weighted by molar-refractivity contribution is 0.0907. The van der Waals surface area contributed by atoms with E-state index in [-0.39, 0.29) is 11.6 Å². The number of carbonyl (C=O) groups is 2. The largest absolute Gasteiger partial charge is 0.293 e.